The molecule has 71 heavy (non-hydrogen) atoms. The van der Waals surface area contributed by atoms with Gasteiger partial charge >= 0.3 is 5.97 Å². The molecule has 6 N–H and O–H groups in total. The van der Waals surface area contributed by atoms with E-state index >= 15 is 0 Å². The topological polar surface area (TPSA) is 213 Å². The molecule has 16 nitrogen and oxygen atoms in total. The monoisotopic (exact) mass is 1000 g/mol. The summed E-state index contributed by atoms with van der Waals surface area (Å²) in [5.41, 5.74) is 15.5. The van der Waals surface area contributed by atoms with Crippen LogP contribution in [-0.2, 0) is 29.0 Å². The Morgan fingerprint density at radius 3 is 1.42 bits per heavy atom. The molecule has 0 aliphatic carbocycles. The van der Waals surface area contributed by atoms with E-state index in [4.69, 9.17) is 58.6 Å². The Morgan fingerprint density at radius 1 is 0.577 bits per heavy atom. The molecule has 0 radical (unpaired) electrons. The fourth-order valence-electron chi connectivity index (χ4n) is 9.43. The van der Waals surface area contributed by atoms with Crippen LogP contribution in [0.1, 0.15) is 42.4 Å². The Balaban J connectivity index is 0.000000197. The first kappa shape index (κ1) is 50.1. The van der Waals surface area contributed by atoms with Crippen LogP contribution < -0.4 is 45.5 Å². The van der Waals surface area contributed by atoms with Gasteiger partial charge in [0.15, 0.2) is 23.0 Å². The lowest BCUT2D eigenvalue weighted by molar-refractivity contribution is -0.150. The molecule has 2 fully saturated rings. The number of fused-ring (bicyclic) bond motifs is 2. The van der Waals surface area contributed by atoms with Gasteiger partial charge in [-0.05, 0) is 79.5 Å². The van der Waals surface area contributed by atoms with Crippen molar-refractivity contribution in [1.82, 2.24) is 25.3 Å². The van der Waals surface area contributed by atoms with Gasteiger partial charge in [-0.2, -0.15) is 9.97 Å². The fourth-order valence-corrected chi connectivity index (χ4v) is 9.75. The molecule has 0 unspecified atom stereocenters. The van der Waals surface area contributed by atoms with Crippen molar-refractivity contribution in [2.75, 3.05) is 75.9 Å². The summed E-state index contributed by atoms with van der Waals surface area (Å²) in [6, 6.07) is 32.4. The lowest BCUT2D eigenvalue weighted by atomic mass is 9.73. The summed E-state index contributed by atoms with van der Waals surface area (Å²) < 4.78 is 21.6. The predicted molar refractivity (Wildman–Crippen MR) is 278 cm³/mol. The molecular formula is C53H57Cl2N9O7. The van der Waals surface area contributed by atoms with Gasteiger partial charge in [-0.1, -0.05) is 89.9 Å². The molecule has 0 saturated carbocycles. The molecule has 0 atom stereocenters. The zero-order chi connectivity index (χ0) is 50.3. The molecule has 1 amide bonds. The number of rotatable bonds is 14. The maximum absolute atomic E-state index is 13.8. The van der Waals surface area contributed by atoms with Crippen molar-refractivity contribution in [3.8, 4) is 23.0 Å². The third-order valence-corrected chi connectivity index (χ3v) is 14.3. The minimum atomic E-state index is -0.795. The Kier molecular flexibility index (Phi) is 15.4. The number of benzene rings is 5. The van der Waals surface area contributed by atoms with Gasteiger partial charge in [0.25, 0.3) is 0 Å². The van der Waals surface area contributed by atoms with Crippen LogP contribution in [0.25, 0.3) is 21.8 Å². The molecule has 9 rings (SSSR count). The quantitative estimate of drug-likeness (QED) is 0.0801. The summed E-state index contributed by atoms with van der Waals surface area (Å²) >= 11 is 12.2. The van der Waals surface area contributed by atoms with Crippen molar-refractivity contribution in [3.63, 3.8) is 0 Å². The van der Waals surface area contributed by atoms with E-state index in [1.54, 1.807) is 64.8 Å². The van der Waals surface area contributed by atoms with Crippen LogP contribution in [0, 0.1) is 10.8 Å². The van der Waals surface area contributed by atoms with Gasteiger partial charge in [0, 0.05) is 55.6 Å². The molecule has 5 aromatic carbocycles. The maximum atomic E-state index is 13.8. The Hall–Kier alpha value is -7.30. The second-order valence-electron chi connectivity index (χ2n) is 17.9. The lowest BCUT2D eigenvalue weighted by Crippen LogP contribution is -2.50. The van der Waals surface area contributed by atoms with Crippen molar-refractivity contribution < 1.29 is 33.6 Å². The smallest absolute Gasteiger partial charge is 0.310 e. The largest absolute Gasteiger partial charge is 0.493 e. The summed E-state index contributed by atoms with van der Waals surface area (Å²) in [4.78, 5) is 48.6. The van der Waals surface area contributed by atoms with Crippen molar-refractivity contribution >= 4 is 80.4 Å². The highest BCUT2D eigenvalue weighted by Gasteiger charge is 2.43. The number of nitrogens with zero attached hydrogens (tertiary/aromatic N) is 6. The van der Waals surface area contributed by atoms with E-state index in [1.807, 2.05) is 59.5 Å². The number of carboxylic acid groups (broad SMARTS) is 1. The van der Waals surface area contributed by atoms with Gasteiger partial charge < -0.3 is 50.6 Å². The van der Waals surface area contributed by atoms with E-state index in [9.17, 15) is 14.7 Å². The highest BCUT2D eigenvalue weighted by atomic mass is 35.5. The van der Waals surface area contributed by atoms with E-state index < -0.39 is 16.8 Å². The van der Waals surface area contributed by atoms with Crippen LogP contribution in [0.5, 0.6) is 23.0 Å². The average Bonchev–Trinajstić information content (AvgIpc) is 3.39. The van der Waals surface area contributed by atoms with E-state index in [0.717, 1.165) is 16.7 Å². The van der Waals surface area contributed by atoms with Crippen LogP contribution in [0.2, 0.25) is 10.0 Å². The first-order valence-electron chi connectivity index (χ1n) is 23.2. The second kappa shape index (κ2) is 21.8. The van der Waals surface area contributed by atoms with Crippen molar-refractivity contribution in [3.05, 3.63) is 130 Å². The molecule has 0 bridgehead atoms. The van der Waals surface area contributed by atoms with Gasteiger partial charge in [-0.15, -0.1) is 0 Å². The number of halogens is 2. The fraction of sp³-hybridized carbons (Fsp3) is 0.321. The zero-order valence-corrected chi connectivity index (χ0v) is 41.6. The SMILES string of the molecule is COc1cc2nc(N3CCC(Cc4ccccc4)(C(=O)NCc4ccc(Cl)c(Cl)c4)CC3)nc(N)c2cc1OC.COc1cc2nc(N3CCC(Cc4ccccc4)(C(=O)O)CC3)nc(N)c2cc1OC. The van der Waals surface area contributed by atoms with E-state index in [-0.39, 0.29) is 5.91 Å². The second-order valence-corrected chi connectivity index (χ2v) is 18.7. The Bertz CT molecular complexity index is 3020. The van der Waals surface area contributed by atoms with Gasteiger partial charge in [-0.3, -0.25) is 9.59 Å². The number of methoxy groups -OCH3 is 4. The number of anilines is 4. The van der Waals surface area contributed by atoms with Crippen LogP contribution >= 0.6 is 23.2 Å². The summed E-state index contributed by atoms with van der Waals surface area (Å²) in [6.45, 7) is 2.65. The highest BCUT2D eigenvalue weighted by molar-refractivity contribution is 6.42. The molecule has 4 heterocycles. The number of nitrogens with one attached hydrogen (secondary N) is 1. The number of aromatic nitrogens is 4. The standard InChI is InChI=1S/C30H31Cl2N5O3.C23H26N4O4/c1-39-25-15-21-24(16-26(25)40-2)35-29(36-27(21)33)37-12-10-30(11-13-37,17-19-6-4-3-5-7-19)28(38)34-18-20-8-9-22(31)23(32)14-20;1-30-18-12-16-17(13-19(18)31-2)25-22(26-20(16)24)27-10-8-23(9-11-27,21(28)29)14-15-6-4-3-5-7-15/h3-9,14-16H,10-13,17-18H2,1-2H3,(H,34,38)(H2,33,35,36);3-7,12-13H,8-11,14H2,1-2H3,(H,28,29)(H2,24,25,26). The Morgan fingerprint density at radius 2 is 1.00 bits per heavy atom. The molecule has 2 aliphatic heterocycles. The number of hydrogen-bond acceptors (Lipinski definition) is 14. The third-order valence-electron chi connectivity index (χ3n) is 13.6. The minimum absolute atomic E-state index is 0.0119. The normalized spacial score (nSPS) is 15.1. The highest BCUT2D eigenvalue weighted by Crippen LogP contribution is 2.41. The van der Waals surface area contributed by atoms with E-state index in [0.29, 0.717) is 150 Å². The summed E-state index contributed by atoms with van der Waals surface area (Å²) in [6.07, 6.45) is 3.40. The summed E-state index contributed by atoms with van der Waals surface area (Å²) in [5, 5.41) is 15.5. The maximum Gasteiger partial charge on any atom is 0.310 e. The van der Waals surface area contributed by atoms with Crippen molar-refractivity contribution in [2.45, 2.75) is 45.1 Å². The van der Waals surface area contributed by atoms with E-state index in [1.165, 1.54) is 0 Å². The number of nitrogens with two attached hydrogens (primary N) is 2. The summed E-state index contributed by atoms with van der Waals surface area (Å²) in [7, 11) is 6.29. The molecule has 2 saturated heterocycles. The first-order valence-corrected chi connectivity index (χ1v) is 23.9. The van der Waals surface area contributed by atoms with Gasteiger partial charge in [0.05, 0.1) is 60.3 Å². The summed E-state index contributed by atoms with van der Waals surface area (Å²) in [5.74, 6) is 3.24. The van der Waals surface area contributed by atoms with Crippen molar-refractivity contribution in [1.29, 1.82) is 0 Å². The number of carbonyl (C=O) groups is 2. The number of nitrogen functional groups attached to an aromatic ring is 2. The van der Waals surface area contributed by atoms with Crippen LogP contribution in [-0.4, -0.2) is 91.5 Å². The van der Waals surface area contributed by atoms with Crippen LogP contribution in [0.4, 0.5) is 23.5 Å². The molecular weight excluding hydrogens is 946 g/mol. The zero-order valence-electron chi connectivity index (χ0n) is 40.1. The van der Waals surface area contributed by atoms with Gasteiger partial charge in [0.1, 0.15) is 11.6 Å². The van der Waals surface area contributed by atoms with Gasteiger partial charge in [0.2, 0.25) is 17.8 Å². The molecule has 7 aromatic rings. The van der Waals surface area contributed by atoms with Crippen LogP contribution in [0.15, 0.2) is 103 Å². The lowest BCUT2D eigenvalue weighted by Gasteiger charge is -2.41. The average molecular weight is 1000 g/mol. The van der Waals surface area contributed by atoms with E-state index in [2.05, 4.69) is 37.3 Å². The number of amides is 1. The molecule has 2 aromatic heterocycles. The minimum Gasteiger partial charge on any atom is -0.493 e. The molecule has 18 heteroatoms. The number of hydrogen-bond donors (Lipinski definition) is 4. The molecule has 2 aliphatic rings. The molecule has 0 spiro atoms. The number of aliphatic carboxylic acids is 1. The van der Waals surface area contributed by atoms with Crippen LogP contribution in [0.3, 0.4) is 0 Å². The number of piperidine rings is 2. The van der Waals surface area contributed by atoms with Gasteiger partial charge in [-0.25, -0.2) is 9.97 Å². The molecule has 370 valence electrons. The predicted octanol–water partition coefficient (Wildman–Crippen LogP) is 8.82. The third kappa shape index (κ3) is 11.0. The number of carbonyl (C=O) groups excluding carboxylic acids is 1. The Labute approximate surface area is 422 Å². The number of carboxylic acids is 1. The number of ether oxygens (including phenoxy) is 4. The first-order chi connectivity index (χ1) is 34.3. The van der Waals surface area contributed by atoms with Crippen molar-refractivity contribution in [2.24, 2.45) is 10.8 Å².